The molecular formula is C25H25FN2O5. The van der Waals surface area contributed by atoms with Crippen LogP contribution >= 0.6 is 0 Å². The van der Waals surface area contributed by atoms with E-state index < -0.39 is 11.8 Å². The molecule has 0 saturated carbocycles. The number of nitrogens with zero attached hydrogens (tertiary/aromatic N) is 1. The molecule has 0 bridgehead atoms. The number of benzene rings is 3. The number of hydrogen-bond acceptors (Lipinski definition) is 5. The van der Waals surface area contributed by atoms with Crippen molar-refractivity contribution in [3.63, 3.8) is 0 Å². The lowest BCUT2D eigenvalue weighted by atomic mass is 10.1. The first-order valence-corrected chi connectivity index (χ1v) is 10.5. The Kier molecular flexibility index (Phi) is 6.83. The van der Waals surface area contributed by atoms with E-state index in [0.717, 1.165) is 11.1 Å². The van der Waals surface area contributed by atoms with E-state index in [9.17, 15) is 9.18 Å². The number of urea groups is 1. The maximum Gasteiger partial charge on any atom is 0.322 e. The van der Waals surface area contributed by atoms with Crippen molar-refractivity contribution in [1.82, 2.24) is 4.90 Å². The van der Waals surface area contributed by atoms with Crippen LogP contribution in [0.3, 0.4) is 0 Å². The van der Waals surface area contributed by atoms with Crippen LogP contribution < -0.4 is 24.3 Å². The van der Waals surface area contributed by atoms with Gasteiger partial charge in [0.2, 0.25) is 6.79 Å². The molecular weight excluding hydrogens is 427 g/mol. The molecule has 0 unspecified atom stereocenters. The monoisotopic (exact) mass is 452 g/mol. The fourth-order valence-electron chi connectivity index (χ4n) is 3.57. The van der Waals surface area contributed by atoms with Gasteiger partial charge in [0.25, 0.3) is 0 Å². The Morgan fingerprint density at radius 3 is 2.52 bits per heavy atom. The summed E-state index contributed by atoms with van der Waals surface area (Å²) >= 11 is 0. The van der Waals surface area contributed by atoms with Crippen LogP contribution in [0.25, 0.3) is 0 Å². The van der Waals surface area contributed by atoms with Crippen molar-refractivity contribution in [3.05, 3.63) is 77.6 Å². The molecule has 0 fully saturated rings. The van der Waals surface area contributed by atoms with E-state index in [4.69, 9.17) is 18.9 Å². The van der Waals surface area contributed by atoms with E-state index in [2.05, 4.69) is 5.32 Å². The number of amides is 2. The Labute approximate surface area is 191 Å². The van der Waals surface area contributed by atoms with E-state index in [0.29, 0.717) is 42.5 Å². The average Bonchev–Trinajstić information content (AvgIpc) is 3.30. The number of halogens is 1. The molecule has 0 spiro atoms. The summed E-state index contributed by atoms with van der Waals surface area (Å²) < 4.78 is 35.6. The van der Waals surface area contributed by atoms with Crippen LogP contribution in [0.1, 0.15) is 11.1 Å². The molecule has 3 aromatic carbocycles. The summed E-state index contributed by atoms with van der Waals surface area (Å²) in [6, 6.07) is 16.9. The van der Waals surface area contributed by atoms with Crippen molar-refractivity contribution >= 4 is 11.7 Å². The third-order valence-corrected chi connectivity index (χ3v) is 5.33. The fraction of sp³-hybridized carbons (Fsp3) is 0.240. The first-order valence-electron chi connectivity index (χ1n) is 10.5. The smallest absolute Gasteiger partial charge is 0.322 e. The quantitative estimate of drug-likeness (QED) is 0.529. The van der Waals surface area contributed by atoms with Gasteiger partial charge in [0, 0.05) is 13.1 Å². The Hall–Kier alpha value is -3.94. The molecule has 0 atom stereocenters. The average molecular weight is 452 g/mol. The second-order valence-corrected chi connectivity index (χ2v) is 7.46. The number of hydrogen-bond donors (Lipinski definition) is 1. The summed E-state index contributed by atoms with van der Waals surface area (Å²) in [6.07, 6.45) is 0.565. The van der Waals surface area contributed by atoms with Gasteiger partial charge in [-0.1, -0.05) is 24.3 Å². The molecule has 33 heavy (non-hydrogen) atoms. The highest BCUT2D eigenvalue weighted by atomic mass is 19.1. The number of carbonyl (C=O) groups is 1. The minimum absolute atomic E-state index is 0.129. The minimum Gasteiger partial charge on any atom is -0.493 e. The van der Waals surface area contributed by atoms with Crippen molar-refractivity contribution < 1.29 is 28.1 Å². The van der Waals surface area contributed by atoms with Gasteiger partial charge in [-0.2, -0.15) is 0 Å². The lowest BCUT2D eigenvalue weighted by molar-refractivity contribution is 0.174. The van der Waals surface area contributed by atoms with Crippen LogP contribution in [-0.2, 0) is 13.0 Å². The van der Waals surface area contributed by atoms with Crippen LogP contribution in [-0.4, -0.2) is 38.5 Å². The normalized spacial score (nSPS) is 11.7. The number of fused-ring (bicyclic) bond motifs is 1. The van der Waals surface area contributed by atoms with Crippen LogP contribution in [0.15, 0.2) is 60.7 Å². The largest absolute Gasteiger partial charge is 0.493 e. The third kappa shape index (κ3) is 5.28. The summed E-state index contributed by atoms with van der Waals surface area (Å²) in [5, 5.41) is 2.67. The molecule has 1 heterocycles. The van der Waals surface area contributed by atoms with Crippen LogP contribution in [0.5, 0.6) is 23.0 Å². The number of rotatable bonds is 8. The SMILES string of the molecule is COc1ccc(CCN(Cc2ccc3c(c2)OCO3)C(=O)Nc2ccccc2F)cc1OC. The Morgan fingerprint density at radius 1 is 0.970 bits per heavy atom. The Balaban J connectivity index is 1.52. The van der Waals surface area contributed by atoms with Crippen LogP contribution in [0, 0.1) is 5.82 Å². The van der Waals surface area contributed by atoms with Gasteiger partial charge in [0.05, 0.1) is 19.9 Å². The molecule has 0 saturated heterocycles. The molecule has 3 aromatic rings. The molecule has 1 aliphatic heterocycles. The first-order chi connectivity index (χ1) is 16.1. The summed E-state index contributed by atoms with van der Waals surface area (Å²) in [6.45, 7) is 0.879. The highest BCUT2D eigenvalue weighted by Crippen LogP contribution is 2.33. The maximum absolute atomic E-state index is 14.1. The Morgan fingerprint density at radius 2 is 1.73 bits per heavy atom. The summed E-state index contributed by atoms with van der Waals surface area (Å²) in [7, 11) is 3.16. The topological polar surface area (TPSA) is 69.3 Å². The molecule has 7 nitrogen and oxygen atoms in total. The number of nitrogens with one attached hydrogen (secondary N) is 1. The number of carbonyl (C=O) groups excluding carboxylic acids is 1. The zero-order valence-corrected chi connectivity index (χ0v) is 18.5. The van der Waals surface area contributed by atoms with E-state index in [1.165, 1.54) is 12.1 Å². The van der Waals surface area contributed by atoms with Gasteiger partial charge in [-0.05, 0) is 53.9 Å². The van der Waals surface area contributed by atoms with Gasteiger partial charge < -0.3 is 29.2 Å². The fourth-order valence-corrected chi connectivity index (χ4v) is 3.57. The van der Waals surface area contributed by atoms with Crippen molar-refractivity contribution in [2.24, 2.45) is 0 Å². The predicted octanol–water partition coefficient (Wildman–Crippen LogP) is 4.85. The van der Waals surface area contributed by atoms with Gasteiger partial charge >= 0.3 is 6.03 Å². The van der Waals surface area contributed by atoms with Gasteiger partial charge in [-0.3, -0.25) is 0 Å². The molecule has 1 N–H and O–H groups in total. The lowest BCUT2D eigenvalue weighted by Crippen LogP contribution is -2.36. The molecule has 1 aliphatic rings. The second-order valence-electron chi connectivity index (χ2n) is 7.46. The zero-order chi connectivity index (χ0) is 23.2. The van der Waals surface area contributed by atoms with Gasteiger partial charge in [0.1, 0.15) is 5.82 Å². The lowest BCUT2D eigenvalue weighted by Gasteiger charge is -2.24. The molecule has 4 rings (SSSR count). The molecule has 172 valence electrons. The number of ether oxygens (including phenoxy) is 4. The second kappa shape index (κ2) is 10.1. The Bertz CT molecular complexity index is 1140. The molecule has 8 heteroatoms. The van der Waals surface area contributed by atoms with Crippen molar-refractivity contribution in [2.45, 2.75) is 13.0 Å². The van der Waals surface area contributed by atoms with E-state index in [-0.39, 0.29) is 12.5 Å². The maximum atomic E-state index is 14.1. The minimum atomic E-state index is -0.492. The van der Waals surface area contributed by atoms with E-state index >= 15 is 0 Å². The highest BCUT2D eigenvalue weighted by Gasteiger charge is 2.19. The number of para-hydroxylation sites is 1. The summed E-state index contributed by atoms with van der Waals surface area (Å²) in [4.78, 5) is 14.7. The first kappa shape index (κ1) is 22.3. The van der Waals surface area contributed by atoms with E-state index in [1.54, 1.807) is 31.3 Å². The van der Waals surface area contributed by atoms with Crippen LogP contribution in [0.2, 0.25) is 0 Å². The van der Waals surface area contributed by atoms with Crippen molar-refractivity contribution in [3.8, 4) is 23.0 Å². The number of methoxy groups -OCH3 is 2. The van der Waals surface area contributed by atoms with Gasteiger partial charge in [-0.25, -0.2) is 9.18 Å². The van der Waals surface area contributed by atoms with E-state index in [1.807, 2.05) is 36.4 Å². The van der Waals surface area contributed by atoms with Crippen molar-refractivity contribution in [2.75, 3.05) is 32.9 Å². The molecule has 0 aromatic heterocycles. The highest BCUT2D eigenvalue weighted by molar-refractivity contribution is 5.89. The molecule has 0 radical (unpaired) electrons. The van der Waals surface area contributed by atoms with Crippen LogP contribution in [0.4, 0.5) is 14.9 Å². The summed E-state index contributed by atoms with van der Waals surface area (Å²) in [5.41, 5.74) is 1.97. The molecule has 2 amide bonds. The zero-order valence-electron chi connectivity index (χ0n) is 18.5. The van der Waals surface area contributed by atoms with Gasteiger partial charge in [-0.15, -0.1) is 0 Å². The number of anilines is 1. The third-order valence-electron chi connectivity index (χ3n) is 5.33. The van der Waals surface area contributed by atoms with Gasteiger partial charge in [0.15, 0.2) is 23.0 Å². The molecule has 0 aliphatic carbocycles. The summed E-state index contributed by atoms with van der Waals surface area (Å²) in [5.74, 6) is 2.07. The predicted molar refractivity (Wildman–Crippen MR) is 122 cm³/mol. The standard InChI is InChI=1S/C25H25FN2O5/c1-30-21-9-7-17(13-23(21)31-2)11-12-28(25(29)27-20-6-4-3-5-19(20)26)15-18-8-10-22-24(14-18)33-16-32-22/h3-10,13-14H,11-12,15-16H2,1-2H3,(H,27,29). The van der Waals surface area contributed by atoms with Crippen molar-refractivity contribution in [1.29, 1.82) is 0 Å².